The summed E-state index contributed by atoms with van der Waals surface area (Å²) in [5, 5.41) is 0. The van der Waals surface area contributed by atoms with Gasteiger partial charge < -0.3 is 14.2 Å². The molecule has 0 N–H and O–H groups in total. The van der Waals surface area contributed by atoms with Crippen molar-refractivity contribution in [2.75, 3.05) is 43.3 Å². The molecular weight excluding hydrogens is 609 g/mol. The van der Waals surface area contributed by atoms with E-state index >= 15 is 0 Å². The van der Waals surface area contributed by atoms with Crippen LogP contribution in [0.1, 0.15) is 36.6 Å². The van der Waals surface area contributed by atoms with Gasteiger partial charge in [0, 0.05) is 33.3 Å². The highest BCUT2D eigenvalue weighted by molar-refractivity contribution is 7.88. The summed E-state index contributed by atoms with van der Waals surface area (Å²) < 4.78 is 46.8. The first kappa shape index (κ1) is 31.6. The van der Waals surface area contributed by atoms with Crippen LogP contribution in [0, 0.1) is 5.92 Å². The summed E-state index contributed by atoms with van der Waals surface area (Å²) >= 11 is 0. The molecule has 1 fully saturated rings. The highest BCUT2D eigenvalue weighted by Gasteiger charge is 2.46. The molecule has 0 bridgehead atoms. The van der Waals surface area contributed by atoms with Crippen LogP contribution in [0.5, 0.6) is 5.75 Å². The number of imidazole rings is 1. The molecule has 2 aliphatic rings. The molecule has 46 heavy (non-hydrogen) atoms. The zero-order chi connectivity index (χ0) is 32.7. The standard InChI is InChI=1S/C33H38FN7O4S/c1-6-22-15-27(23-11-13-40(14-12-23)46(5,43)44)35-18-29(22)39(3)30-17-28-31(36-20-38(28)2)32(37-30)41(33(42)25-16-26(25)34)19-21-7-9-24(45-4)10-8-21/h7-11,15,17-18,20,25-26H,6,12-14,16,19H2,1-5H3/t25-,26+/m0/s1. The number of aromatic nitrogens is 4. The van der Waals surface area contributed by atoms with Gasteiger partial charge in [-0.3, -0.25) is 14.7 Å². The van der Waals surface area contributed by atoms with Crippen molar-refractivity contribution in [3.63, 3.8) is 0 Å². The quantitative estimate of drug-likeness (QED) is 0.245. The van der Waals surface area contributed by atoms with Crippen molar-refractivity contribution >= 4 is 49.9 Å². The predicted molar refractivity (Wildman–Crippen MR) is 176 cm³/mol. The molecule has 13 heteroatoms. The fourth-order valence-electron chi connectivity index (χ4n) is 5.81. The summed E-state index contributed by atoms with van der Waals surface area (Å²) in [5.41, 5.74) is 5.89. The van der Waals surface area contributed by atoms with E-state index in [0.717, 1.165) is 40.0 Å². The maximum atomic E-state index is 14.3. The van der Waals surface area contributed by atoms with Gasteiger partial charge in [0.25, 0.3) is 0 Å². The van der Waals surface area contributed by atoms with Crippen molar-refractivity contribution in [2.24, 2.45) is 13.0 Å². The van der Waals surface area contributed by atoms with E-state index in [4.69, 9.17) is 14.7 Å². The second kappa shape index (κ2) is 12.4. The summed E-state index contributed by atoms with van der Waals surface area (Å²) in [4.78, 5) is 31.6. The first-order valence-electron chi connectivity index (χ1n) is 15.3. The third-order valence-electron chi connectivity index (χ3n) is 8.75. The molecule has 0 unspecified atom stereocenters. The molecule has 1 amide bonds. The zero-order valence-electron chi connectivity index (χ0n) is 26.6. The number of methoxy groups -OCH3 is 1. The minimum Gasteiger partial charge on any atom is -0.497 e. The number of aryl methyl sites for hydroxylation is 2. The van der Waals surface area contributed by atoms with E-state index in [2.05, 4.69) is 11.9 Å². The Morgan fingerprint density at radius 1 is 1.17 bits per heavy atom. The van der Waals surface area contributed by atoms with Gasteiger partial charge in [0.2, 0.25) is 15.9 Å². The van der Waals surface area contributed by atoms with Crippen LogP contribution in [0.3, 0.4) is 0 Å². The van der Waals surface area contributed by atoms with E-state index in [1.165, 1.54) is 10.6 Å². The molecule has 1 aliphatic carbocycles. The maximum Gasteiger partial charge on any atom is 0.234 e. The van der Waals surface area contributed by atoms with Crippen LogP contribution in [-0.2, 0) is 34.8 Å². The number of ether oxygens (including phenoxy) is 1. The molecule has 11 nitrogen and oxygen atoms in total. The fraction of sp³-hybridized carbons (Fsp3) is 0.394. The molecule has 6 rings (SSSR count). The summed E-state index contributed by atoms with van der Waals surface area (Å²) in [6.45, 7) is 3.01. The highest BCUT2D eigenvalue weighted by Crippen LogP contribution is 2.39. The Balaban J connectivity index is 1.38. The Kier molecular flexibility index (Phi) is 8.55. The number of hydrogen-bond acceptors (Lipinski definition) is 8. The lowest BCUT2D eigenvalue weighted by Gasteiger charge is -2.27. The number of carbonyl (C=O) groups is 1. The molecule has 0 spiro atoms. The van der Waals surface area contributed by atoms with Gasteiger partial charge >= 0.3 is 0 Å². The van der Waals surface area contributed by atoms with Gasteiger partial charge in [-0.15, -0.1) is 0 Å². The number of nitrogens with zero attached hydrogens (tertiary/aromatic N) is 7. The lowest BCUT2D eigenvalue weighted by atomic mass is 10.0. The summed E-state index contributed by atoms with van der Waals surface area (Å²) in [5.74, 6) is 0.616. The van der Waals surface area contributed by atoms with E-state index in [1.54, 1.807) is 18.3 Å². The van der Waals surface area contributed by atoms with Crippen molar-refractivity contribution in [1.82, 2.24) is 23.8 Å². The number of rotatable bonds is 10. The molecule has 2 atom stereocenters. The number of anilines is 3. The number of fused-ring (bicyclic) bond motifs is 1. The molecule has 4 heterocycles. The second-order valence-electron chi connectivity index (χ2n) is 11.9. The molecule has 0 saturated heterocycles. The van der Waals surface area contributed by atoms with Gasteiger partial charge in [0.1, 0.15) is 23.3 Å². The summed E-state index contributed by atoms with van der Waals surface area (Å²) in [6, 6.07) is 11.4. The van der Waals surface area contributed by atoms with Crippen LogP contribution in [0.15, 0.2) is 55.0 Å². The van der Waals surface area contributed by atoms with Crippen molar-refractivity contribution in [2.45, 2.75) is 38.9 Å². The van der Waals surface area contributed by atoms with E-state index in [1.807, 2.05) is 72.2 Å². The van der Waals surface area contributed by atoms with Crippen molar-refractivity contribution in [1.29, 1.82) is 0 Å². The van der Waals surface area contributed by atoms with Crippen LogP contribution in [0.4, 0.5) is 21.7 Å². The van der Waals surface area contributed by atoms with E-state index < -0.39 is 22.1 Å². The molecule has 1 aromatic carbocycles. The van der Waals surface area contributed by atoms with Crippen LogP contribution >= 0.6 is 0 Å². The highest BCUT2D eigenvalue weighted by atomic mass is 32.2. The minimum absolute atomic E-state index is 0.195. The summed E-state index contributed by atoms with van der Waals surface area (Å²) in [6.07, 6.45) is 6.98. The van der Waals surface area contributed by atoms with Crippen molar-refractivity contribution in [3.8, 4) is 5.75 Å². The smallest absolute Gasteiger partial charge is 0.234 e. The number of carbonyl (C=O) groups excluding carboxylic acids is 1. The van der Waals surface area contributed by atoms with Gasteiger partial charge in [-0.2, -0.15) is 4.31 Å². The van der Waals surface area contributed by atoms with Crippen molar-refractivity contribution < 1.29 is 22.3 Å². The van der Waals surface area contributed by atoms with Gasteiger partial charge in [-0.05, 0) is 54.2 Å². The van der Waals surface area contributed by atoms with Gasteiger partial charge in [0.15, 0.2) is 5.82 Å². The number of hydrogen-bond donors (Lipinski definition) is 0. The Labute approximate surface area is 268 Å². The van der Waals surface area contributed by atoms with Crippen LogP contribution in [-0.4, -0.2) is 77.8 Å². The second-order valence-corrected chi connectivity index (χ2v) is 13.9. The average molecular weight is 648 g/mol. The van der Waals surface area contributed by atoms with Gasteiger partial charge in [0.05, 0.1) is 55.3 Å². The molecule has 4 aromatic rings. The predicted octanol–water partition coefficient (Wildman–Crippen LogP) is 4.64. The lowest BCUT2D eigenvalue weighted by molar-refractivity contribution is -0.120. The van der Waals surface area contributed by atoms with Crippen LogP contribution in [0.2, 0.25) is 0 Å². The van der Waals surface area contributed by atoms with E-state index in [9.17, 15) is 17.6 Å². The number of sulfonamides is 1. The molecule has 3 aromatic heterocycles. The first-order chi connectivity index (χ1) is 22.0. The fourth-order valence-corrected chi connectivity index (χ4v) is 6.58. The largest absolute Gasteiger partial charge is 0.497 e. The third kappa shape index (κ3) is 6.21. The van der Waals surface area contributed by atoms with Crippen molar-refractivity contribution in [3.05, 3.63) is 71.8 Å². The number of pyridine rings is 2. The third-order valence-corrected chi connectivity index (χ3v) is 10.0. The van der Waals surface area contributed by atoms with E-state index in [0.29, 0.717) is 42.4 Å². The topological polar surface area (TPSA) is 114 Å². The van der Waals surface area contributed by atoms with Crippen LogP contribution in [0.25, 0.3) is 16.6 Å². The Morgan fingerprint density at radius 2 is 1.91 bits per heavy atom. The Hall–Kier alpha value is -4.36. The SMILES string of the molecule is CCc1cc(C2=CCN(S(C)(=O)=O)CC2)ncc1N(C)c1cc2c(ncn2C)c(N(Cc2ccc(OC)cc2)C(=O)[C@H]2C[C@H]2F)n1. The lowest BCUT2D eigenvalue weighted by Crippen LogP contribution is -2.33. The number of halogens is 1. The Morgan fingerprint density at radius 3 is 2.52 bits per heavy atom. The molecule has 0 radical (unpaired) electrons. The summed E-state index contributed by atoms with van der Waals surface area (Å²) in [7, 11) is 2.14. The molecular formula is C33H38FN7O4S. The number of amides is 1. The van der Waals surface area contributed by atoms with Gasteiger partial charge in [-0.25, -0.2) is 22.8 Å². The first-order valence-corrected chi connectivity index (χ1v) is 17.1. The monoisotopic (exact) mass is 647 g/mol. The number of benzene rings is 1. The van der Waals surface area contributed by atoms with Gasteiger partial charge in [-0.1, -0.05) is 25.1 Å². The molecule has 1 saturated carbocycles. The number of alkyl halides is 1. The van der Waals surface area contributed by atoms with Crippen LogP contribution < -0.4 is 14.5 Å². The molecule has 1 aliphatic heterocycles. The minimum atomic E-state index is -3.25. The maximum absolute atomic E-state index is 14.3. The van der Waals surface area contributed by atoms with E-state index in [-0.39, 0.29) is 18.9 Å². The molecule has 242 valence electrons. The average Bonchev–Trinajstić information content (AvgIpc) is 3.69. The Bertz CT molecular complexity index is 1930. The zero-order valence-corrected chi connectivity index (χ0v) is 27.5. The normalized spacial score (nSPS) is 18.3.